The van der Waals surface area contributed by atoms with E-state index in [2.05, 4.69) is 9.72 Å². The summed E-state index contributed by atoms with van der Waals surface area (Å²) < 4.78 is 43.0. The topological polar surface area (TPSA) is 88.3 Å². The maximum Gasteiger partial charge on any atom is 0.409 e. The Morgan fingerprint density at radius 1 is 1.41 bits per heavy atom. The van der Waals surface area contributed by atoms with Gasteiger partial charge in [0.2, 0.25) is 0 Å². The van der Waals surface area contributed by atoms with Gasteiger partial charge in [0.1, 0.15) is 11.6 Å². The highest BCUT2D eigenvalue weighted by atomic mass is 19.4. The van der Waals surface area contributed by atoms with Crippen molar-refractivity contribution in [2.75, 3.05) is 6.61 Å². The number of esters is 1. The molecule has 0 aromatic carbocycles. The van der Waals surface area contributed by atoms with Gasteiger partial charge in [-0.15, -0.1) is 0 Å². The molecule has 0 fully saturated rings. The first kappa shape index (κ1) is 17.7. The van der Waals surface area contributed by atoms with Crippen molar-refractivity contribution in [3.63, 3.8) is 0 Å². The molecule has 0 radical (unpaired) electrons. The maximum atomic E-state index is 12.9. The van der Waals surface area contributed by atoms with Crippen LogP contribution in [0.3, 0.4) is 0 Å². The highest BCUT2D eigenvalue weighted by Crippen LogP contribution is 2.23. The summed E-state index contributed by atoms with van der Waals surface area (Å²) in [5.41, 5.74) is -0.727. The van der Waals surface area contributed by atoms with Gasteiger partial charge in [-0.25, -0.2) is 0 Å². The highest BCUT2D eigenvalue weighted by Gasteiger charge is 2.42. The lowest BCUT2D eigenvalue weighted by Crippen LogP contribution is -2.47. The third-order valence-corrected chi connectivity index (χ3v) is 2.68. The van der Waals surface area contributed by atoms with Gasteiger partial charge in [-0.2, -0.15) is 13.2 Å². The summed E-state index contributed by atoms with van der Waals surface area (Å²) in [5, 5.41) is 1.64. The van der Waals surface area contributed by atoms with Gasteiger partial charge >= 0.3 is 12.1 Å². The Bertz CT molecular complexity index is 610. The molecule has 1 aromatic rings. The normalized spacial score (nSPS) is 12.6. The molecule has 0 aliphatic heterocycles. The van der Waals surface area contributed by atoms with Gasteiger partial charge in [-0.1, -0.05) is 0 Å². The molecule has 1 heterocycles. The molecular formula is C13H15F3N2O4. The number of aryl methyl sites for hydroxylation is 1. The minimum absolute atomic E-state index is 0.0744. The Labute approximate surface area is 123 Å². The number of hydrogen-bond donors (Lipinski definition) is 2. The van der Waals surface area contributed by atoms with Crippen molar-refractivity contribution in [2.45, 2.75) is 32.5 Å². The molecule has 1 unspecified atom stereocenters. The first-order valence-electron chi connectivity index (χ1n) is 6.37. The number of aromatic nitrogens is 1. The van der Waals surface area contributed by atoms with Crippen LogP contribution in [0.1, 0.15) is 29.4 Å². The highest BCUT2D eigenvalue weighted by molar-refractivity contribution is 5.94. The zero-order chi connectivity index (χ0) is 16.9. The molecular weight excluding hydrogens is 305 g/mol. The number of nitrogens with one attached hydrogen (secondary N) is 2. The van der Waals surface area contributed by atoms with E-state index in [1.165, 1.54) is 6.92 Å². The number of hydrogen-bond acceptors (Lipinski definition) is 4. The average molecular weight is 320 g/mol. The van der Waals surface area contributed by atoms with Gasteiger partial charge in [0.25, 0.3) is 5.91 Å². The standard InChI is InChI=1S/C13H15F3N2O4/c1-3-22-11(20)5-10(13(14,15)16)18-12(21)8-6-17-7(2)4-9(8)19/h4,6,10H,3,5H2,1-2H3,(H,17,19)(H,18,21). The Morgan fingerprint density at radius 3 is 2.55 bits per heavy atom. The van der Waals surface area contributed by atoms with Gasteiger partial charge in [0.15, 0.2) is 5.43 Å². The predicted octanol–water partition coefficient (Wildman–Crippen LogP) is 1.30. The number of alkyl halides is 3. The molecule has 6 nitrogen and oxygen atoms in total. The number of amides is 1. The maximum absolute atomic E-state index is 12.9. The Kier molecular flexibility index (Phi) is 5.72. The van der Waals surface area contributed by atoms with Crippen molar-refractivity contribution in [3.05, 3.63) is 33.7 Å². The Balaban J connectivity index is 2.92. The van der Waals surface area contributed by atoms with Crippen LogP contribution >= 0.6 is 0 Å². The number of H-pyrrole nitrogens is 1. The zero-order valence-electron chi connectivity index (χ0n) is 11.9. The number of carbonyl (C=O) groups excluding carboxylic acids is 2. The zero-order valence-corrected chi connectivity index (χ0v) is 11.9. The van der Waals surface area contributed by atoms with Crippen molar-refractivity contribution in [2.24, 2.45) is 0 Å². The fourth-order valence-electron chi connectivity index (χ4n) is 1.62. The summed E-state index contributed by atoms with van der Waals surface area (Å²) in [6.45, 7) is 2.93. The van der Waals surface area contributed by atoms with Gasteiger partial charge in [-0.3, -0.25) is 14.4 Å². The number of pyridine rings is 1. The third kappa shape index (κ3) is 4.90. The Hall–Kier alpha value is -2.32. The summed E-state index contributed by atoms with van der Waals surface area (Å²) in [7, 11) is 0. The van der Waals surface area contributed by atoms with Crippen molar-refractivity contribution >= 4 is 11.9 Å². The second-order valence-electron chi connectivity index (χ2n) is 4.47. The van der Waals surface area contributed by atoms with Crippen LogP contribution < -0.4 is 10.7 Å². The minimum Gasteiger partial charge on any atom is -0.466 e. The van der Waals surface area contributed by atoms with Crippen molar-refractivity contribution in [1.29, 1.82) is 0 Å². The number of halogens is 3. The lowest BCUT2D eigenvalue weighted by Gasteiger charge is -2.20. The first-order chi connectivity index (χ1) is 10.1. The predicted molar refractivity (Wildman–Crippen MR) is 70.4 cm³/mol. The molecule has 9 heteroatoms. The molecule has 1 rings (SSSR count). The van der Waals surface area contributed by atoms with Crippen LogP contribution in [0.15, 0.2) is 17.1 Å². The lowest BCUT2D eigenvalue weighted by molar-refractivity contribution is -0.167. The van der Waals surface area contributed by atoms with E-state index in [9.17, 15) is 27.6 Å². The van der Waals surface area contributed by atoms with E-state index in [4.69, 9.17) is 0 Å². The molecule has 1 atom stereocenters. The van der Waals surface area contributed by atoms with Crippen molar-refractivity contribution < 1.29 is 27.5 Å². The van der Waals surface area contributed by atoms with E-state index in [1.54, 1.807) is 12.2 Å². The van der Waals surface area contributed by atoms with Crippen LogP contribution in [0, 0.1) is 6.92 Å². The molecule has 2 N–H and O–H groups in total. The monoisotopic (exact) mass is 320 g/mol. The quantitative estimate of drug-likeness (QED) is 0.800. The minimum atomic E-state index is -4.85. The van der Waals surface area contributed by atoms with E-state index < -0.39 is 41.5 Å². The van der Waals surface area contributed by atoms with Crippen molar-refractivity contribution in [3.8, 4) is 0 Å². The molecule has 0 aliphatic rings. The number of aromatic amines is 1. The summed E-state index contributed by atoms with van der Waals surface area (Å²) in [6.07, 6.45) is -4.89. The van der Waals surface area contributed by atoms with E-state index in [1.807, 2.05) is 0 Å². The van der Waals surface area contributed by atoms with Crippen LogP contribution in [0.25, 0.3) is 0 Å². The summed E-state index contributed by atoms with van der Waals surface area (Å²) in [6, 6.07) is -1.34. The average Bonchev–Trinajstić information content (AvgIpc) is 2.36. The van der Waals surface area contributed by atoms with Crippen LogP contribution in [-0.2, 0) is 9.53 Å². The first-order valence-corrected chi connectivity index (χ1v) is 6.37. The van der Waals surface area contributed by atoms with E-state index in [-0.39, 0.29) is 6.61 Å². The van der Waals surface area contributed by atoms with E-state index in [0.29, 0.717) is 5.69 Å². The van der Waals surface area contributed by atoms with Crippen LogP contribution in [0.4, 0.5) is 13.2 Å². The second kappa shape index (κ2) is 7.10. The summed E-state index contributed by atoms with van der Waals surface area (Å²) >= 11 is 0. The lowest BCUT2D eigenvalue weighted by atomic mass is 10.1. The molecule has 122 valence electrons. The number of rotatable bonds is 5. The van der Waals surface area contributed by atoms with Gasteiger partial charge in [0.05, 0.1) is 13.0 Å². The number of carbonyl (C=O) groups is 2. The molecule has 1 aromatic heterocycles. The number of ether oxygens (including phenoxy) is 1. The van der Waals surface area contributed by atoms with Crippen LogP contribution in [-0.4, -0.2) is 35.7 Å². The van der Waals surface area contributed by atoms with E-state index >= 15 is 0 Å². The summed E-state index contributed by atoms with van der Waals surface area (Å²) in [5.74, 6) is -2.31. The smallest absolute Gasteiger partial charge is 0.409 e. The van der Waals surface area contributed by atoms with Gasteiger partial charge < -0.3 is 15.0 Å². The second-order valence-corrected chi connectivity index (χ2v) is 4.47. The largest absolute Gasteiger partial charge is 0.466 e. The van der Waals surface area contributed by atoms with Crippen molar-refractivity contribution in [1.82, 2.24) is 10.3 Å². The fraction of sp³-hybridized carbons (Fsp3) is 0.462. The molecule has 0 bridgehead atoms. The Morgan fingerprint density at radius 2 is 2.05 bits per heavy atom. The molecule has 1 amide bonds. The third-order valence-electron chi connectivity index (χ3n) is 2.68. The fourth-order valence-corrected chi connectivity index (χ4v) is 1.62. The molecule has 0 aliphatic carbocycles. The molecule has 0 saturated carbocycles. The molecule has 0 spiro atoms. The van der Waals surface area contributed by atoms with E-state index in [0.717, 1.165) is 12.3 Å². The van der Waals surface area contributed by atoms with Gasteiger partial charge in [0, 0.05) is 18.0 Å². The summed E-state index contributed by atoms with van der Waals surface area (Å²) in [4.78, 5) is 37.1. The SMILES string of the molecule is CCOC(=O)CC(NC(=O)c1c[nH]c(C)cc1=O)C(F)(F)F. The molecule has 22 heavy (non-hydrogen) atoms. The molecule has 0 saturated heterocycles. The van der Waals surface area contributed by atoms with Crippen LogP contribution in [0.2, 0.25) is 0 Å². The van der Waals surface area contributed by atoms with Gasteiger partial charge in [-0.05, 0) is 13.8 Å². The van der Waals surface area contributed by atoms with Crippen LogP contribution in [0.5, 0.6) is 0 Å².